The molecule has 1 heterocycles. The predicted molar refractivity (Wildman–Crippen MR) is 80.5 cm³/mol. The van der Waals surface area contributed by atoms with E-state index in [1.54, 1.807) is 30.3 Å². The summed E-state index contributed by atoms with van der Waals surface area (Å²) >= 11 is 11.8. The molecule has 1 aromatic carbocycles. The van der Waals surface area contributed by atoms with Crippen molar-refractivity contribution in [2.45, 2.75) is 6.92 Å². The maximum Gasteiger partial charge on any atom is 0.272 e. The number of rotatable bonds is 3. The number of halogens is 2. The number of aryl methyl sites for hydroxylation is 1. The third-order valence-corrected chi connectivity index (χ3v) is 3.07. The summed E-state index contributed by atoms with van der Waals surface area (Å²) in [5.41, 5.74) is 4.36. The number of amides is 1. The van der Waals surface area contributed by atoms with Crippen molar-refractivity contribution in [3.05, 3.63) is 63.4 Å². The molecule has 0 unspecified atom stereocenters. The van der Waals surface area contributed by atoms with Crippen LogP contribution in [-0.4, -0.2) is 17.1 Å². The number of carbonyl (C=O) groups is 1. The van der Waals surface area contributed by atoms with E-state index in [0.717, 1.165) is 5.69 Å². The molecular formula is C14H11Cl2N3O. The minimum atomic E-state index is -0.334. The number of hydrazone groups is 1. The molecule has 0 aliphatic heterocycles. The van der Waals surface area contributed by atoms with Crippen LogP contribution < -0.4 is 5.43 Å². The number of nitrogens with one attached hydrogen (secondary N) is 1. The van der Waals surface area contributed by atoms with Crippen LogP contribution in [0.5, 0.6) is 0 Å². The van der Waals surface area contributed by atoms with Gasteiger partial charge in [0.05, 0.1) is 16.8 Å². The Bertz CT molecular complexity index is 654. The topological polar surface area (TPSA) is 54.4 Å². The van der Waals surface area contributed by atoms with Crippen molar-refractivity contribution in [2.75, 3.05) is 0 Å². The van der Waals surface area contributed by atoms with Crippen LogP contribution in [0.4, 0.5) is 0 Å². The van der Waals surface area contributed by atoms with Crippen LogP contribution in [0.15, 0.2) is 41.6 Å². The van der Waals surface area contributed by atoms with Crippen LogP contribution in [-0.2, 0) is 0 Å². The molecule has 0 radical (unpaired) electrons. The zero-order chi connectivity index (χ0) is 14.5. The van der Waals surface area contributed by atoms with Crippen LogP contribution in [0.3, 0.4) is 0 Å². The van der Waals surface area contributed by atoms with Crippen LogP contribution in [0, 0.1) is 6.92 Å². The molecule has 0 spiro atoms. The van der Waals surface area contributed by atoms with Crippen LogP contribution >= 0.6 is 23.2 Å². The van der Waals surface area contributed by atoms with E-state index in [9.17, 15) is 4.79 Å². The fourth-order valence-electron chi connectivity index (χ4n) is 1.43. The van der Waals surface area contributed by atoms with E-state index in [-0.39, 0.29) is 5.91 Å². The maximum absolute atomic E-state index is 11.8. The summed E-state index contributed by atoms with van der Waals surface area (Å²) in [5, 5.41) is 4.86. The molecule has 2 aromatic rings. The zero-order valence-electron chi connectivity index (χ0n) is 10.6. The van der Waals surface area contributed by atoms with Gasteiger partial charge in [-0.15, -0.1) is 0 Å². The molecule has 0 aliphatic rings. The Kier molecular flexibility index (Phi) is 4.71. The summed E-state index contributed by atoms with van der Waals surface area (Å²) in [4.78, 5) is 15.8. The molecular weight excluding hydrogens is 297 g/mol. The fraction of sp³-hybridized carbons (Fsp3) is 0.0714. The Morgan fingerprint density at radius 1 is 1.30 bits per heavy atom. The molecule has 102 valence electrons. The van der Waals surface area contributed by atoms with E-state index in [1.807, 2.05) is 6.92 Å². The van der Waals surface area contributed by atoms with Gasteiger partial charge in [0, 0.05) is 22.5 Å². The molecule has 4 nitrogen and oxygen atoms in total. The highest BCUT2D eigenvalue weighted by atomic mass is 35.5. The molecule has 0 fully saturated rings. The average molecular weight is 308 g/mol. The van der Waals surface area contributed by atoms with E-state index >= 15 is 0 Å². The largest absolute Gasteiger partial charge is 0.272 e. The Morgan fingerprint density at radius 3 is 2.75 bits per heavy atom. The minimum Gasteiger partial charge on any atom is -0.267 e. The average Bonchev–Trinajstić information content (AvgIpc) is 2.42. The van der Waals surface area contributed by atoms with Crippen molar-refractivity contribution in [1.82, 2.24) is 10.4 Å². The molecule has 0 saturated carbocycles. The monoisotopic (exact) mass is 307 g/mol. The second-order valence-corrected chi connectivity index (χ2v) is 4.90. The molecule has 0 atom stereocenters. The van der Waals surface area contributed by atoms with E-state index in [0.29, 0.717) is 21.2 Å². The number of benzene rings is 1. The number of carbonyl (C=O) groups excluding carboxylic acids is 1. The van der Waals surface area contributed by atoms with E-state index < -0.39 is 0 Å². The second-order valence-electron chi connectivity index (χ2n) is 4.05. The first-order valence-corrected chi connectivity index (χ1v) is 6.53. The fourth-order valence-corrected chi connectivity index (χ4v) is 1.89. The van der Waals surface area contributed by atoms with Gasteiger partial charge in [-0.1, -0.05) is 29.3 Å². The summed E-state index contributed by atoms with van der Waals surface area (Å²) in [6.45, 7) is 1.85. The quantitative estimate of drug-likeness (QED) is 0.697. The lowest BCUT2D eigenvalue weighted by atomic mass is 10.2. The lowest BCUT2D eigenvalue weighted by Gasteiger charge is -2.01. The van der Waals surface area contributed by atoms with Gasteiger partial charge in [-0.2, -0.15) is 5.10 Å². The normalized spacial score (nSPS) is 10.8. The molecule has 0 aliphatic carbocycles. The molecule has 6 heteroatoms. The summed E-state index contributed by atoms with van der Waals surface area (Å²) in [6.07, 6.45) is 2.95. The number of pyridine rings is 1. The highest BCUT2D eigenvalue weighted by Crippen LogP contribution is 2.19. The summed E-state index contributed by atoms with van der Waals surface area (Å²) < 4.78 is 0. The highest BCUT2D eigenvalue weighted by Gasteiger charge is 2.04. The molecule has 20 heavy (non-hydrogen) atoms. The second kappa shape index (κ2) is 6.50. The molecule has 1 aromatic heterocycles. The van der Waals surface area contributed by atoms with Crippen LogP contribution in [0.2, 0.25) is 10.0 Å². The Morgan fingerprint density at radius 2 is 2.10 bits per heavy atom. The van der Waals surface area contributed by atoms with Gasteiger partial charge in [-0.3, -0.25) is 9.78 Å². The van der Waals surface area contributed by atoms with Gasteiger partial charge < -0.3 is 0 Å². The first-order valence-electron chi connectivity index (χ1n) is 5.77. The highest BCUT2D eigenvalue weighted by molar-refractivity contribution is 6.36. The summed E-state index contributed by atoms with van der Waals surface area (Å²) in [7, 11) is 0. The van der Waals surface area contributed by atoms with Crippen molar-refractivity contribution < 1.29 is 4.79 Å². The Labute approximate surface area is 126 Å². The minimum absolute atomic E-state index is 0.334. The first-order chi connectivity index (χ1) is 9.56. The van der Waals surface area contributed by atoms with E-state index in [4.69, 9.17) is 23.2 Å². The van der Waals surface area contributed by atoms with Crippen LogP contribution in [0.25, 0.3) is 0 Å². The van der Waals surface area contributed by atoms with Gasteiger partial charge >= 0.3 is 0 Å². The standard InChI is InChI=1S/C14H11Cl2N3O/c1-9-2-3-11(7-17-9)14(20)19-18-8-10-4-5-12(15)6-13(10)16/h2-8H,1H3,(H,19,20)/b18-8+. The smallest absolute Gasteiger partial charge is 0.267 e. The van der Waals surface area contributed by atoms with Gasteiger partial charge in [0.15, 0.2) is 0 Å². The van der Waals surface area contributed by atoms with E-state index in [1.165, 1.54) is 12.4 Å². The third-order valence-electron chi connectivity index (χ3n) is 2.51. The SMILES string of the molecule is Cc1ccc(C(=O)N/N=C/c2ccc(Cl)cc2Cl)cn1. The van der Waals surface area contributed by atoms with E-state index in [2.05, 4.69) is 15.5 Å². The summed E-state index contributed by atoms with van der Waals surface area (Å²) in [5.74, 6) is -0.334. The van der Waals surface area contributed by atoms with Gasteiger partial charge in [-0.25, -0.2) is 5.43 Å². The van der Waals surface area contributed by atoms with Crippen molar-refractivity contribution in [2.24, 2.45) is 5.10 Å². The Hall–Kier alpha value is -1.91. The molecule has 1 N–H and O–H groups in total. The molecule has 0 bridgehead atoms. The van der Waals surface area contributed by atoms with Gasteiger partial charge in [0.25, 0.3) is 5.91 Å². The molecule has 2 rings (SSSR count). The van der Waals surface area contributed by atoms with Gasteiger partial charge in [0.2, 0.25) is 0 Å². The van der Waals surface area contributed by atoms with Gasteiger partial charge in [-0.05, 0) is 31.2 Å². The number of hydrogen-bond donors (Lipinski definition) is 1. The van der Waals surface area contributed by atoms with Crippen molar-refractivity contribution in [3.8, 4) is 0 Å². The van der Waals surface area contributed by atoms with Crippen molar-refractivity contribution in [3.63, 3.8) is 0 Å². The Balaban J connectivity index is 2.02. The predicted octanol–water partition coefficient (Wildman–Crippen LogP) is 3.46. The van der Waals surface area contributed by atoms with Gasteiger partial charge in [0.1, 0.15) is 0 Å². The van der Waals surface area contributed by atoms with Crippen molar-refractivity contribution in [1.29, 1.82) is 0 Å². The number of nitrogens with zero attached hydrogens (tertiary/aromatic N) is 2. The maximum atomic E-state index is 11.8. The molecule has 1 amide bonds. The lowest BCUT2D eigenvalue weighted by Crippen LogP contribution is -2.17. The van der Waals surface area contributed by atoms with Crippen molar-refractivity contribution >= 4 is 35.3 Å². The first kappa shape index (κ1) is 14.5. The number of aromatic nitrogens is 1. The lowest BCUT2D eigenvalue weighted by molar-refractivity contribution is 0.0955. The third kappa shape index (κ3) is 3.79. The summed E-state index contributed by atoms with van der Waals surface area (Å²) in [6, 6.07) is 8.46. The molecule has 0 saturated heterocycles. The number of hydrogen-bond acceptors (Lipinski definition) is 3. The zero-order valence-corrected chi connectivity index (χ0v) is 12.1. The van der Waals surface area contributed by atoms with Crippen LogP contribution in [0.1, 0.15) is 21.6 Å².